The predicted molar refractivity (Wildman–Crippen MR) is 72.6 cm³/mol. The van der Waals surface area contributed by atoms with Crippen LogP contribution in [0.1, 0.15) is 12.0 Å². The highest BCUT2D eigenvalue weighted by Gasteiger charge is 2.05. The van der Waals surface area contributed by atoms with Crippen LogP contribution in [0.25, 0.3) is 0 Å². The molecule has 0 bridgehead atoms. The standard InChI is InChI=1S/C14H19FN2O3/c1-20-9-8-16-14(19)10-17-13(18)7-4-11-2-5-12(15)6-3-11/h2-3,5-6H,4,7-10H2,1H3,(H,16,19)(H,17,18). The first kappa shape index (κ1) is 16.1. The van der Waals surface area contributed by atoms with Gasteiger partial charge in [-0.2, -0.15) is 0 Å². The highest BCUT2D eigenvalue weighted by Crippen LogP contribution is 2.05. The van der Waals surface area contributed by atoms with Crippen molar-refractivity contribution in [2.45, 2.75) is 12.8 Å². The zero-order valence-electron chi connectivity index (χ0n) is 11.4. The summed E-state index contributed by atoms with van der Waals surface area (Å²) in [4.78, 5) is 22.8. The molecule has 0 saturated carbocycles. The van der Waals surface area contributed by atoms with Crippen LogP contribution in [0, 0.1) is 5.82 Å². The molecule has 1 rings (SSSR count). The van der Waals surface area contributed by atoms with Gasteiger partial charge >= 0.3 is 0 Å². The van der Waals surface area contributed by atoms with Crippen LogP contribution >= 0.6 is 0 Å². The highest BCUT2D eigenvalue weighted by molar-refractivity contribution is 5.84. The molecule has 0 aliphatic heterocycles. The lowest BCUT2D eigenvalue weighted by Gasteiger charge is -2.06. The molecule has 5 nitrogen and oxygen atoms in total. The Morgan fingerprint density at radius 3 is 2.50 bits per heavy atom. The molecule has 0 saturated heterocycles. The van der Waals surface area contributed by atoms with E-state index in [2.05, 4.69) is 10.6 Å². The fraction of sp³-hybridized carbons (Fsp3) is 0.429. The van der Waals surface area contributed by atoms with Crippen LogP contribution in [-0.2, 0) is 20.7 Å². The molecule has 0 radical (unpaired) electrons. The molecule has 0 heterocycles. The largest absolute Gasteiger partial charge is 0.383 e. The molecule has 0 aliphatic carbocycles. The van der Waals surface area contributed by atoms with Gasteiger partial charge in [0.05, 0.1) is 13.2 Å². The van der Waals surface area contributed by atoms with E-state index < -0.39 is 0 Å². The maximum Gasteiger partial charge on any atom is 0.239 e. The summed E-state index contributed by atoms with van der Waals surface area (Å²) < 4.78 is 17.5. The zero-order valence-corrected chi connectivity index (χ0v) is 11.4. The Kier molecular flexibility index (Phi) is 7.27. The average Bonchev–Trinajstić information content (AvgIpc) is 2.45. The molecular weight excluding hydrogens is 263 g/mol. The minimum absolute atomic E-state index is 0.0496. The highest BCUT2D eigenvalue weighted by atomic mass is 19.1. The number of carbonyl (C=O) groups excluding carboxylic acids is 2. The molecule has 0 unspecified atom stereocenters. The summed E-state index contributed by atoms with van der Waals surface area (Å²) in [5, 5.41) is 5.12. The van der Waals surface area contributed by atoms with Gasteiger partial charge in [0.1, 0.15) is 5.82 Å². The first-order valence-corrected chi connectivity index (χ1v) is 6.38. The lowest BCUT2D eigenvalue weighted by molar-refractivity contribution is -0.126. The van der Waals surface area contributed by atoms with Gasteiger partial charge in [-0.15, -0.1) is 0 Å². The van der Waals surface area contributed by atoms with Gasteiger partial charge in [-0.25, -0.2) is 4.39 Å². The summed E-state index contributed by atoms with van der Waals surface area (Å²) in [7, 11) is 1.55. The topological polar surface area (TPSA) is 67.4 Å². The van der Waals surface area contributed by atoms with Crippen LogP contribution in [0.2, 0.25) is 0 Å². The fourth-order valence-corrected chi connectivity index (χ4v) is 1.53. The zero-order chi connectivity index (χ0) is 14.8. The smallest absolute Gasteiger partial charge is 0.239 e. The summed E-state index contributed by atoms with van der Waals surface area (Å²) >= 11 is 0. The Morgan fingerprint density at radius 2 is 1.85 bits per heavy atom. The number of carbonyl (C=O) groups is 2. The van der Waals surface area contributed by atoms with E-state index in [9.17, 15) is 14.0 Å². The first-order chi connectivity index (χ1) is 9.61. The molecule has 110 valence electrons. The van der Waals surface area contributed by atoms with Gasteiger partial charge in [-0.05, 0) is 24.1 Å². The van der Waals surface area contributed by atoms with E-state index in [4.69, 9.17) is 4.74 Å². The van der Waals surface area contributed by atoms with E-state index in [-0.39, 0.29) is 30.6 Å². The van der Waals surface area contributed by atoms with E-state index in [0.717, 1.165) is 5.56 Å². The van der Waals surface area contributed by atoms with Gasteiger partial charge in [0.15, 0.2) is 0 Å². The second kappa shape index (κ2) is 9.03. The fourth-order valence-electron chi connectivity index (χ4n) is 1.53. The SMILES string of the molecule is COCCNC(=O)CNC(=O)CCc1ccc(F)cc1. The lowest BCUT2D eigenvalue weighted by Crippen LogP contribution is -2.38. The number of hydrogen-bond donors (Lipinski definition) is 2. The lowest BCUT2D eigenvalue weighted by atomic mass is 10.1. The van der Waals surface area contributed by atoms with Crippen molar-refractivity contribution >= 4 is 11.8 Å². The van der Waals surface area contributed by atoms with E-state index in [1.807, 2.05) is 0 Å². The van der Waals surface area contributed by atoms with E-state index in [0.29, 0.717) is 19.6 Å². The Bertz CT molecular complexity index is 435. The third-order valence-electron chi connectivity index (χ3n) is 2.63. The molecule has 1 aromatic carbocycles. The molecule has 0 fully saturated rings. The van der Waals surface area contributed by atoms with Gasteiger partial charge in [-0.3, -0.25) is 9.59 Å². The van der Waals surface area contributed by atoms with E-state index in [1.54, 1.807) is 19.2 Å². The van der Waals surface area contributed by atoms with Gasteiger partial charge in [0.25, 0.3) is 0 Å². The minimum Gasteiger partial charge on any atom is -0.383 e. The van der Waals surface area contributed by atoms with Crippen LogP contribution in [0.5, 0.6) is 0 Å². The Labute approximate surface area is 117 Å². The monoisotopic (exact) mass is 282 g/mol. The van der Waals surface area contributed by atoms with Crippen molar-refractivity contribution in [3.05, 3.63) is 35.6 Å². The number of rotatable bonds is 8. The third kappa shape index (κ3) is 6.84. The third-order valence-corrected chi connectivity index (χ3v) is 2.63. The summed E-state index contributed by atoms with van der Waals surface area (Å²) in [6.45, 7) is 0.803. The molecule has 0 aromatic heterocycles. The second-order valence-electron chi connectivity index (χ2n) is 4.25. The van der Waals surface area contributed by atoms with Gasteiger partial charge in [0.2, 0.25) is 11.8 Å². The minimum atomic E-state index is -0.300. The summed E-state index contributed by atoms with van der Waals surface area (Å²) in [5.74, 6) is -0.765. The Balaban J connectivity index is 2.17. The molecule has 0 atom stereocenters. The van der Waals surface area contributed by atoms with Gasteiger partial charge in [0, 0.05) is 20.1 Å². The molecule has 6 heteroatoms. The van der Waals surface area contributed by atoms with Crippen molar-refractivity contribution in [2.24, 2.45) is 0 Å². The second-order valence-corrected chi connectivity index (χ2v) is 4.25. The average molecular weight is 282 g/mol. The number of hydrogen-bond acceptors (Lipinski definition) is 3. The molecule has 0 aliphatic rings. The van der Waals surface area contributed by atoms with Crippen molar-refractivity contribution in [1.29, 1.82) is 0 Å². The normalized spacial score (nSPS) is 10.1. The van der Waals surface area contributed by atoms with Crippen molar-refractivity contribution in [2.75, 3.05) is 26.8 Å². The maximum absolute atomic E-state index is 12.7. The van der Waals surface area contributed by atoms with Crippen LogP contribution in [0.4, 0.5) is 4.39 Å². The van der Waals surface area contributed by atoms with E-state index >= 15 is 0 Å². The molecule has 2 N–H and O–H groups in total. The maximum atomic E-state index is 12.7. The quantitative estimate of drug-likeness (QED) is 0.688. The van der Waals surface area contributed by atoms with Crippen molar-refractivity contribution in [3.8, 4) is 0 Å². The number of benzene rings is 1. The summed E-state index contributed by atoms with van der Waals surface area (Å²) in [5.41, 5.74) is 0.881. The van der Waals surface area contributed by atoms with Crippen molar-refractivity contribution < 1.29 is 18.7 Å². The van der Waals surface area contributed by atoms with Gasteiger partial charge < -0.3 is 15.4 Å². The number of amides is 2. The van der Waals surface area contributed by atoms with Crippen LogP contribution in [0.15, 0.2) is 24.3 Å². The molecule has 0 spiro atoms. The van der Waals surface area contributed by atoms with Gasteiger partial charge in [-0.1, -0.05) is 12.1 Å². The van der Waals surface area contributed by atoms with E-state index in [1.165, 1.54) is 12.1 Å². The Hall–Kier alpha value is -1.95. The number of ether oxygens (including phenoxy) is 1. The van der Waals surface area contributed by atoms with Crippen molar-refractivity contribution in [3.63, 3.8) is 0 Å². The molecule has 20 heavy (non-hydrogen) atoms. The van der Waals surface area contributed by atoms with Crippen molar-refractivity contribution in [1.82, 2.24) is 10.6 Å². The van der Waals surface area contributed by atoms with Crippen LogP contribution in [-0.4, -0.2) is 38.6 Å². The van der Waals surface area contributed by atoms with Crippen LogP contribution in [0.3, 0.4) is 0 Å². The molecule has 1 aromatic rings. The van der Waals surface area contributed by atoms with Crippen LogP contribution < -0.4 is 10.6 Å². The number of nitrogens with one attached hydrogen (secondary N) is 2. The molecular formula is C14H19FN2O3. The molecule has 2 amide bonds. The summed E-state index contributed by atoms with van der Waals surface area (Å²) in [6, 6.07) is 5.99. The number of methoxy groups -OCH3 is 1. The predicted octanol–water partition coefficient (Wildman–Crippen LogP) is 0.637. The number of aryl methyl sites for hydroxylation is 1. The summed E-state index contributed by atoms with van der Waals surface area (Å²) in [6.07, 6.45) is 0.772. The number of halogens is 1. The first-order valence-electron chi connectivity index (χ1n) is 6.38. The Morgan fingerprint density at radius 1 is 1.15 bits per heavy atom.